The van der Waals surface area contributed by atoms with Crippen LogP contribution >= 0.6 is 0 Å². The third kappa shape index (κ3) is 4.50. The predicted octanol–water partition coefficient (Wildman–Crippen LogP) is 2.28. The van der Waals surface area contributed by atoms with Crippen molar-refractivity contribution in [3.8, 4) is 5.75 Å². The Hall–Kier alpha value is -2.34. The molecule has 0 saturated heterocycles. The van der Waals surface area contributed by atoms with E-state index >= 15 is 0 Å². The summed E-state index contributed by atoms with van der Waals surface area (Å²) in [5.74, 6) is 1.59. The van der Waals surface area contributed by atoms with Crippen molar-refractivity contribution in [1.82, 2.24) is 15.1 Å². The molecule has 1 N–H and O–H groups in total. The van der Waals surface area contributed by atoms with E-state index in [1.807, 2.05) is 24.3 Å². The molecule has 27 heavy (non-hydrogen) atoms. The van der Waals surface area contributed by atoms with Gasteiger partial charge in [0.05, 0.1) is 32.4 Å². The lowest BCUT2D eigenvalue weighted by Crippen LogP contribution is -2.27. The minimum absolute atomic E-state index is 0.0192. The van der Waals surface area contributed by atoms with Crippen molar-refractivity contribution in [3.05, 3.63) is 46.8 Å². The molecule has 4 rings (SSSR count). The molecule has 1 saturated carbocycles. The van der Waals surface area contributed by atoms with Gasteiger partial charge in [-0.3, -0.25) is 9.48 Å². The maximum Gasteiger partial charge on any atom is 0.224 e. The molecule has 0 radical (unpaired) electrons. The summed E-state index contributed by atoms with van der Waals surface area (Å²) >= 11 is 0. The molecule has 2 aliphatic rings. The Labute approximate surface area is 159 Å². The third-order valence-electron chi connectivity index (χ3n) is 5.29. The lowest BCUT2D eigenvalue weighted by molar-refractivity contribution is -0.120. The number of nitrogens with zero attached hydrogens (tertiary/aromatic N) is 2. The normalized spacial score (nSPS) is 16.0. The Balaban J connectivity index is 1.33. The van der Waals surface area contributed by atoms with Crippen molar-refractivity contribution in [3.63, 3.8) is 0 Å². The van der Waals surface area contributed by atoms with Crippen LogP contribution in [0.3, 0.4) is 0 Å². The molecule has 1 aromatic heterocycles. The highest BCUT2D eigenvalue weighted by atomic mass is 16.5. The fraction of sp³-hybridized carbons (Fsp3) is 0.524. The minimum Gasteiger partial charge on any atom is -0.497 e. The van der Waals surface area contributed by atoms with Crippen LogP contribution in [0.1, 0.15) is 35.4 Å². The number of hydrogen-bond donors (Lipinski definition) is 1. The number of aromatic nitrogens is 2. The van der Waals surface area contributed by atoms with Crippen molar-refractivity contribution < 1.29 is 14.3 Å². The van der Waals surface area contributed by atoms with Crippen LogP contribution in [0.25, 0.3) is 0 Å². The van der Waals surface area contributed by atoms with Gasteiger partial charge in [0.1, 0.15) is 5.75 Å². The maximum atomic E-state index is 12.2. The van der Waals surface area contributed by atoms with Crippen molar-refractivity contribution in [2.45, 2.75) is 45.3 Å². The molecule has 144 valence electrons. The van der Waals surface area contributed by atoms with Gasteiger partial charge in [-0.2, -0.15) is 5.10 Å². The molecule has 1 fully saturated rings. The van der Waals surface area contributed by atoms with Crippen LogP contribution < -0.4 is 10.1 Å². The van der Waals surface area contributed by atoms with Crippen molar-refractivity contribution in [1.29, 1.82) is 0 Å². The van der Waals surface area contributed by atoms with Gasteiger partial charge < -0.3 is 14.8 Å². The van der Waals surface area contributed by atoms with Crippen LogP contribution in [0.5, 0.6) is 5.75 Å². The first kappa shape index (κ1) is 18.0. The van der Waals surface area contributed by atoms with Crippen LogP contribution in [0.15, 0.2) is 24.3 Å². The first-order chi connectivity index (χ1) is 13.2. The number of ether oxygens (including phenoxy) is 2. The van der Waals surface area contributed by atoms with E-state index in [0.717, 1.165) is 48.9 Å². The average molecular weight is 369 g/mol. The van der Waals surface area contributed by atoms with Gasteiger partial charge in [-0.05, 0) is 36.5 Å². The number of benzene rings is 1. The van der Waals surface area contributed by atoms with Crippen molar-refractivity contribution >= 4 is 5.91 Å². The summed E-state index contributed by atoms with van der Waals surface area (Å²) in [7, 11) is 1.63. The standard InChI is InChI=1S/C21H27N3O3/c1-26-17-4-2-3-16(11-17)12-21(25)22-9-7-19-18-14-27-10-8-20(18)24(23-19)13-15-5-6-15/h2-4,11,15H,5-10,12-14H2,1H3,(H,22,25). The van der Waals surface area contributed by atoms with Gasteiger partial charge in [0, 0.05) is 37.2 Å². The molecule has 6 nitrogen and oxygen atoms in total. The van der Waals surface area contributed by atoms with Crippen LogP contribution in [-0.2, 0) is 41.9 Å². The Kier molecular flexibility index (Phi) is 5.43. The van der Waals surface area contributed by atoms with Gasteiger partial charge >= 0.3 is 0 Å². The molecule has 2 heterocycles. The highest BCUT2D eigenvalue weighted by molar-refractivity contribution is 5.78. The second-order valence-electron chi connectivity index (χ2n) is 7.43. The van der Waals surface area contributed by atoms with E-state index in [1.54, 1.807) is 7.11 Å². The monoisotopic (exact) mass is 369 g/mol. The summed E-state index contributed by atoms with van der Waals surface area (Å²) in [4.78, 5) is 12.2. The third-order valence-corrected chi connectivity index (χ3v) is 5.29. The first-order valence-corrected chi connectivity index (χ1v) is 9.77. The number of carbonyl (C=O) groups excluding carboxylic acids is 1. The summed E-state index contributed by atoms with van der Waals surface area (Å²) in [6.07, 6.45) is 4.68. The van der Waals surface area contributed by atoms with Crippen LogP contribution in [0.4, 0.5) is 0 Å². The van der Waals surface area contributed by atoms with Crippen molar-refractivity contribution in [2.75, 3.05) is 20.3 Å². The zero-order chi connectivity index (χ0) is 18.6. The molecule has 1 aliphatic heterocycles. The first-order valence-electron chi connectivity index (χ1n) is 9.77. The minimum atomic E-state index is 0.0192. The molecule has 0 atom stereocenters. The molecule has 2 aromatic rings. The summed E-state index contributed by atoms with van der Waals surface area (Å²) in [6.45, 7) is 3.05. The molecule has 1 aromatic carbocycles. The van der Waals surface area contributed by atoms with E-state index in [4.69, 9.17) is 14.6 Å². The van der Waals surface area contributed by atoms with E-state index < -0.39 is 0 Å². The molecular weight excluding hydrogens is 342 g/mol. The highest BCUT2D eigenvalue weighted by Gasteiger charge is 2.27. The molecule has 0 unspecified atom stereocenters. The molecule has 0 bridgehead atoms. The number of nitrogens with one attached hydrogen (secondary N) is 1. The maximum absolute atomic E-state index is 12.2. The number of methoxy groups -OCH3 is 1. The van der Waals surface area contributed by atoms with E-state index in [2.05, 4.69) is 10.00 Å². The van der Waals surface area contributed by atoms with Gasteiger partial charge in [0.15, 0.2) is 0 Å². The fourth-order valence-electron chi connectivity index (χ4n) is 3.63. The van der Waals surface area contributed by atoms with Gasteiger partial charge in [-0.15, -0.1) is 0 Å². The Morgan fingerprint density at radius 3 is 3.11 bits per heavy atom. The van der Waals surface area contributed by atoms with Crippen molar-refractivity contribution in [2.24, 2.45) is 5.92 Å². The van der Waals surface area contributed by atoms with Crippen LogP contribution in [0, 0.1) is 5.92 Å². The van der Waals surface area contributed by atoms with Crippen LogP contribution in [-0.4, -0.2) is 35.9 Å². The quantitative estimate of drug-likeness (QED) is 0.775. The largest absolute Gasteiger partial charge is 0.497 e. The second-order valence-corrected chi connectivity index (χ2v) is 7.43. The van der Waals surface area contributed by atoms with Gasteiger partial charge in [-0.1, -0.05) is 12.1 Å². The number of hydrogen-bond acceptors (Lipinski definition) is 4. The average Bonchev–Trinajstić information content (AvgIpc) is 3.44. The molecule has 0 spiro atoms. The lowest BCUT2D eigenvalue weighted by Gasteiger charge is -2.15. The predicted molar refractivity (Wildman–Crippen MR) is 102 cm³/mol. The molecule has 1 aliphatic carbocycles. The van der Waals surface area contributed by atoms with E-state index in [-0.39, 0.29) is 5.91 Å². The lowest BCUT2D eigenvalue weighted by atomic mass is 10.1. The number of fused-ring (bicyclic) bond motifs is 1. The summed E-state index contributed by atoms with van der Waals surface area (Å²) in [5.41, 5.74) is 4.60. The Morgan fingerprint density at radius 1 is 1.41 bits per heavy atom. The van der Waals surface area contributed by atoms with E-state index in [1.165, 1.54) is 24.1 Å². The summed E-state index contributed by atoms with van der Waals surface area (Å²) < 4.78 is 13.1. The van der Waals surface area contributed by atoms with Crippen LogP contribution in [0.2, 0.25) is 0 Å². The van der Waals surface area contributed by atoms with Gasteiger partial charge in [0.25, 0.3) is 0 Å². The zero-order valence-corrected chi connectivity index (χ0v) is 15.9. The number of rotatable bonds is 8. The van der Waals surface area contributed by atoms with Gasteiger partial charge in [-0.25, -0.2) is 0 Å². The van der Waals surface area contributed by atoms with E-state index in [0.29, 0.717) is 19.6 Å². The molecular formula is C21H27N3O3. The Morgan fingerprint density at radius 2 is 2.30 bits per heavy atom. The SMILES string of the molecule is COc1cccc(CC(=O)NCCc2nn(CC3CC3)c3c2COCC3)c1. The highest BCUT2D eigenvalue weighted by Crippen LogP contribution is 2.32. The summed E-state index contributed by atoms with van der Waals surface area (Å²) in [6, 6.07) is 7.62. The van der Waals surface area contributed by atoms with E-state index in [9.17, 15) is 4.79 Å². The summed E-state index contributed by atoms with van der Waals surface area (Å²) in [5, 5.41) is 7.86. The molecule has 6 heteroatoms. The Bertz CT molecular complexity index is 811. The fourth-order valence-corrected chi connectivity index (χ4v) is 3.63. The van der Waals surface area contributed by atoms with Gasteiger partial charge in [0.2, 0.25) is 5.91 Å². The number of carbonyl (C=O) groups is 1. The topological polar surface area (TPSA) is 65.4 Å². The zero-order valence-electron chi connectivity index (χ0n) is 15.9. The number of amides is 1. The smallest absolute Gasteiger partial charge is 0.224 e. The second kappa shape index (κ2) is 8.13. The molecule has 1 amide bonds.